The molecule has 168 valence electrons. The summed E-state index contributed by atoms with van der Waals surface area (Å²) in [4.78, 5) is 28.1. The lowest BCUT2D eigenvalue weighted by Crippen LogP contribution is -2.46. The van der Waals surface area contributed by atoms with Gasteiger partial charge in [0.15, 0.2) is 0 Å². The molecule has 0 aromatic heterocycles. The Morgan fingerprint density at radius 2 is 1.56 bits per heavy atom. The summed E-state index contributed by atoms with van der Waals surface area (Å²) in [6.45, 7) is 2.11. The topological polar surface area (TPSA) is 49.4 Å². The molecule has 2 amide bonds. The van der Waals surface area contributed by atoms with E-state index in [-0.39, 0.29) is 11.8 Å². The van der Waals surface area contributed by atoms with Crippen LogP contribution in [0.15, 0.2) is 89.8 Å². The van der Waals surface area contributed by atoms with Crippen LogP contribution in [0.25, 0.3) is 27.6 Å². The van der Waals surface area contributed by atoms with E-state index in [9.17, 15) is 9.59 Å². The molecule has 5 rings (SSSR count). The fraction of sp³-hybridized carbons (Fsp3) is 0.107. The Morgan fingerprint density at radius 3 is 2.21 bits per heavy atom. The molecule has 1 saturated heterocycles. The third-order valence-corrected chi connectivity index (χ3v) is 7.32. The summed E-state index contributed by atoms with van der Waals surface area (Å²) in [5.41, 5.74) is 1.98. The van der Waals surface area contributed by atoms with Crippen molar-refractivity contribution < 1.29 is 9.59 Å². The molecule has 0 saturated carbocycles. The lowest BCUT2D eigenvalue weighted by molar-refractivity contribution is -0.132. The SMILES string of the molecule is CC(C(=O)NCc1ccccc1)N1C(=O)/C(=C/c2c3ccccc3cc3ccccc23)SC1=S. The summed E-state index contributed by atoms with van der Waals surface area (Å²) in [7, 11) is 0. The van der Waals surface area contributed by atoms with Crippen molar-refractivity contribution in [3.8, 4) is 0 Å². The van der Waals surface area contributed by atoms with E-state index < -0.39 is 6.04 Å². The lowest BCUT2D eigenvalue weighted by atomic mass is 9.96. The largest absolute Gasteiger partial charge is 0.350 e. The normalized spacial score (nSPS) is 15.9. The number of thioether (sulfide) groups is 1. The van der Waals surface area contributed by atoms with Gasteiger partial charge < -0.3 is 5.32 Å². The fourth-order valence-corrected chi connectivity index (χ4v) is 5.60. The highest BCUT2D eigenvalue weighted by molar-refractivity contribution is 8.26. The molecule has 4 aromatic carbocycles. The second kappa shape index (κ2) is 9.41. The molecule has 0 aliphatic carbocycles. The molecule has 6 heteroatoms. The van der Waals surface area contributed by atoms with Crippen molar-refractivity contribution in [2.45, 2.75) is 19.5 Å². The van der Waals surface area contributed by atoms with Crippen molar-refractivity contribution in [2.24, 2.45) is 0 Å². The number of nitrogens with zero attached hydrogens (tertiary/aromatic N) is 1. The number of rotatable bonds is 5. The maximum Gasteiger partial charge on any atom is 0.266 e. The second-order valence-corrected chi connectivity index (χ2v) is 9.84. The van der Waals surface area contributed by atoms with Gasteiger partial charge in [0.2, 0.25) is 5.91 Å². The van der Waals surface area contributed by atoms with E-state index in [1.807, 2.05) is 60.7 Å². The molecule has 1 atom stereocenters. The van der Waals surface area contributed by atoms with Gasteiger partial charge in [0.25, 0.3) is 5.91 Å². The third kappa shape index (κ3) is 4.22. The summed E-state index contributed by atoms with van der Waals surface area (Å²) in [5, 5.41) is 7.26. The highest BCUT2D eigenvalue weighted by Gasteiger charge is 2.38. The zero-order chi connectivity index (χ0) is 23.7. The summed E-state index contributed by atoms with van der Waals surface area (Å²) in [5.74, 6) is -0.480. The molecule has 1 aliphatic heterocycles. The maximum absolute atomic E-state index is 13.4. The first-order valence-corrected chi connectivity index (χ1v) is 12.2. The van der Waals surface area contributed by atoms with Gasteiger partial charge in [-0.15, -0.1) is 0 Å². The first-order chi connectivity index (χ1) is 16.5. The molecular formula is C28H22N2O2S2. The minimum Gasteiger partial charge on any atom is -0.350 e. The number of amides is 2. The van der Waals surface area contributed by atoms with Gasteiger partial charge in [-0.25, -0.2) is 0 Å². The molecule has 1 aliphatic rings. The zero-order valence-corrected chi connectivity index (χ0v) is 20.2. The van der Waals surface area contributed by atoms with Gasteiger partial charge in [-0.2, -0.15) is 0 Å². The number of carbonyl (C=O) groups excluding carboxylic acids is 2. The third-order valence-electron chi connectivity index (χ3n) is 5.99. The standard InChI is InChI=1S/C28H22N2O2S2/c1-18(26(31)29-17-19-9-3-2-4-10-19)30-27(32)25(34-28(30)33)16-24-22-13-7-5-11-20(22)15-21-12-6-8-14-23(21)24/h2-16,18H,17H2,1H3,(H,29,31)/b25-16-. The van der Waals surface area contributed by atoms with Gasteiger partial charge in [0.05, 0.1) is 4.91 Å². The summed E-state index contributed by atoms with van der Waals surface area (Å²) >= 11 is 6.77. The van der Waals surface area contributed by atoms with E-state index in [1.54, 1.807) is 6.92 Å². The van der Waals surface area contributed by atoms with Crippen LogP contribution in [0.4, 0.5) is 0 Å². The number of fused-ring (bicyclic) bond motifs is 2. The average Bonchev–Trinajstić information content (AvgIpc) is 3.14. The van der Waals surface area contributed by atoms with Gasteiger partial charge in [-0.05, 0) is 51.7 Å². The molecule has 0 radical (unpaired) electrons. The highest BCUT2D eigenvalue weighted by Crippen LogP contribution is 2.37. The molecule has 1 fully saturated rings. The highest BCUT2D eigenvalue weighted by atomic mass is 32.2. The zero-order valence-electron chi connectivity index (χ0n) is 18.5. The van der Waals surface area contributed by atoms with E-state index >= 15 is 0 Å². The molecular weight excluding hydrogens is 460 g/mol. The number of hydrogen-bond donors (Lipinski definition) is 1. The molecule has 1 N–H and O–H groups in total. The Bertz CT molecular complexity index is 1410. The Balaban J connectivity index is 1.45. The summed E-state index contributed by atoms with van der Waals surface area (Å²) in [6.07, 6.45) is 1.92. The van der Waals surface area contributed by atoms with E-state index in [1.165, 1.54) is 16.7 Å². The smallest absolute Gasteiger partial charge is 0.266 e. The predicted octanol–water partition coefficient (Wildman–Crippen LogP) is 5.90. The lowest BCUT2D eigenvalue weighted by Gasteiger charge is -2.22. The van der Waals surface area contributed by atoms with Crippen molar-refractivity contribution in [3.63, 3.8) is 0 Å². The van der Waals surface area contributed by atoms with Crippen molar-refractivity contribution in [3.05, 3.63) is 101 Å². The Morgan fingerprint density at radius 1 is 0.971 bits per heavy atom. The average molecular weight is 483 g/mol. The molecule has 4 aromatic rings. The molecule has 4 nitrogen and oxygen atoms in total. The van der Waals surface area contributed by atoms with Crippen LogP contribution in [0.1, 0.15) is 18.1 Å². The number of thiocarbonyl (C=S) groups is 1. The van der Waals surface area contributed by atoms with Gasteiger partial charge in [-0.1, -0.05) is 103 Å². The van der Waals surface area contributed by atoms with Crippen LogP contribution in [0, 0.1) is 0 Å². The Hall–Kier alpha value is -3.48. The number of hydrogen-bond acceptors (Lipinski definition) is 4. The number of carbonyl (C=O) groups is 2. The first-order valence-electron chi connectivity index (χ1n) is 11.0. The van der Waals surface area contributed by atoms with E-state index in [2.05, 4.69) is 35.6 Å². The Labute approximate surface area is 207 Å². The van der Waals surface area contributed by atoms with Crippen molar-refractivity contribution in [1.82, 2.24) is 10.2 Å². The predicted molar refractivity (Wildman–Crippen MR) is 144 cm³/mol. The summed E-state index contributed by atoms with van der Waals surface area (Å²) in [6, 6.07) is 27.4. The van der Waals surface area contributed by atoms with E-state index in [0.717, 1.165) is 32.7 Å². The maximum atomic E-state index is 13.4. The van der Waals surface area contributed by atoms with Crippen LogP contribution in [0.2, 0.25) is 0 Å². The minimum absolute atomic E-state index is 0.239. The number of benzene rings is 4. The Kier molecular flexibility index (Phi) is 6.18. The molecule has 0 bridgehead atoms. The monoisotopic (exact) mass is 482 g/mol. The number of nitrogens with one attached hydrogen (secondary N) is 1. The van der Waals surface area contributed by atoms with Crippen LogP contribution in [-0.2, 0) is 16.1 Å². The van der Waals surface area contributed by atoms with E-state index in [0.29, 0.717) is 15.8 Å². The van der Waals surface area contributed by atoms with Crippen LogP contribution in [0.5, 0.6) is 0 Å². The van der Waals surface area contributed by atoms with Gasteiger partial charge in [-0.3, -0.25) is 14.5 Å². The van der Waals surface area contributed by atoms with E-state index in [4.69, 9.17) is 12.2 Å². The molecule has 1 heterocycles. The van der Waals surface area contributed by atoms with Crippen molar-refractivity contribution in [2.75, 3.05) is 0 Å². The quantitative estimate of drug-likeness (QED) is 0.219. The van der Waals surface area contributed by atoms with Crippen LogP contribution in [0.3, 0.4) is 0 Å². The van der Waals surface area contributed by atoms with Gasteiger partial charge in [0.1, 0.15) is 10.4 Å². The van der Waals surface area contributed by atoms with Crippen molar-refractivity contribution >= 4 is 67.7 Å². The molecule has 0 spiro atoms. The van der Waals surface area contributed by atoms with Crippen molar-refractivity contribution in [1.29, 1.82) is 0 Å². The molecule has 1 unspecified atom stereocenters. The minimum atomic E-state index is -0.702. The fourth-order valence-electron chi connectivity index (χ4n) is 4.20. The van der Waals surface area contributed by atoms with Gasteiger partial charge >= 0.3 is 0 Å². The van der Waals surface area contributed by atoms with Crippen LogP contribution < -0.4 is 5.32 Å². The second-order valence-electron chi connectivity index (χ2n) is 8.16. The van der Waals surface area contributed by atoms with Gasteiger partial charge in [0, 0.05) is 6.54 Å². The first kappa shape index (κ1) is 22.3. The molecule has 34 heavy (non-hydrogen) atoms. The van der Waals surface area contributed by atoms with Crippen LogP contribution >= 0.6 is 24.0 Å². The summed E-state index contributed by atoms with van der Waals surface area (Å²) < 4.78 is 0.392. The van der Waals surface area contributed by atoms with Crippen LogP contribution in [-0.4, -0.2) is 27.1 Å².